The van der Waals surface area contributed by atoms with Crippen molar-refractivity contribution in [3.63, 3.8) is 0 Å². The maximum atomic E-state index is 5.75. The van der Waals surface area contributed by atoms with Crippen molar-refractivity contribution in [3.05, 3.63) is 24.3 Å². The van der Waals surface area contributed by atoms with Gasteiger partial charge in [0, 0.05) is 37.2 Å². The van der Waals surface area contributed by atoms with E-state index in [-0.39, 0.29) is 0 Å². The summed E-state index contributed by atoms with van der Waals surface area (Å²) in [7, 11) is 3.50. The fourth-order valence-electron chi connectivity index (χ4n) is 2.51. The molecule has 1 aliphatic rings. The van der Waals surface area contributed by atoms with Gasteiger partial charge in [-0.05, 0) is 18.6 Å². The highest BCUT2D eigenvalue weighted by molar-refractivity contribution is 8.00. The zero-order chi connectivity index (χ0) is 16.5. The minimum atomic E-state index is 0.589. The van der Waals surface area contributed by atoms with Gasteiger partial charge in [0.1, 0.15) is 18.1 Å². The molecule has 6 heteroatoms. The third kappa shape index (κ3) is 5.53. The van der Waals surface area contributed by atoms with Crippen LogP contribution in [-0.2, 0) is 0 Å². The summed E-state index contributed by atoms with van der Waals surface area (Å²) < 4.78 is 10.9. The van der Waals surface area contributed by atoms with Gasteiger partial charge < -0.3 is 19.7 Å². The number of nitrogens with zero attached hydrogens (tertiary/aromatic N) is 2. The summed E-state index contributed by atoms with van der Waals surface area (Å²) in [5, 5.41) is 4.10. The van der Waals surface area contributed by atoms with Gasteiger partial charge in [-0.2, -0.15) is 11.8 Å². The van der Waals surface area contributed by atoms with E-state index in [4.69, 9.17) is 9.47 Å². The summed E-state index contributed by atoms with van der Waals surface area (Å²) in [6, 6.07) is 7.66. The van der Waals surface area contributed by atoms with Crippen molar-refractivity contribution in [1.82, 2.24) is 10.2 Å². The maximum Gasteiger partial charge on any atom is 0.193 e. The van der Waals surface area contributed by atoms with Crippen LogP contribution >= 0.6 is 11.8 Å². The van der Waals surface area contributed by atoms with E-state index in [1.54, 1.807) is 7.11 Å². The van der Waals surface area contributed by atoms with Crippen LogP contribution in [0.1, 0.15) is 13.3 Å². The largest absolute Gasteiger partial charge is 0.497 e. The van der Waals surface area contributed by atoms with E-state index < -0.39 is 0 Å². The van der Waals surface area contributed by atoms with Crippen molar-refractivity contribution in [2.45, 2.75) is 18.6 Å². The van der Waals surface area contributed by atoms with Crippen LogP contribution in [0.5, 0.6) is 11.5 Å². The number of hydrogen-bond donors (Lipinski definition) is 1. The summed E-state index contributed by atoms with van der Waals surface area (Å²) in [4.78, 5) is 6.74. The van der Waals surface area contributed by atoms with Gasteiger partial charge >= 0.3 is 0 Å². The summed E-state index contributed by atoms with van der Waals surface area (Å²) in [5.74, 6) is 3.77. The molecule has 5 nitrogen and oxygen atoms in total. The van der Waals surface area contributed by atoms with E-state index in [0.29, 0.717) is 11.9 Å². The highest BCUT2D eigenvalue weighted by atomic mass is 32.2. The average Bonchev–Trinajstić information content (AvgIpc) is 2.62. The zero-order valence-electron chi connectivity index (χ0n) is 14.2. The van der Waals surface area contributed by atoms with Crippen LogP contribution in [0.3, 0.4) is 0 Å². The van der Waals surface area contributed by atoms with E-state index in [1.165, 1.54) is 12.2 Å². The van der Waals surface area contributed by atoms with Crippen molar-refractivity contribution in [3.8, 4) is 11.5 Å². The molecule has 0 bridgehead atoms. The number of guanidine groups is 1. The third-order valence-electron chi connectivity index (χ3n) is 3.80. The number of rotatable bonds is 6. The molecule has 0 spiro atoms. The molecule has 2 rings (SSSR count). The van der Waals surface area contributed by atoms with Crippen molar-refractivity contribution < 1.29 is 9.47 Å². The Hall–Kier alpha value is -1.56. The lowest BCUT2D eigenvalue weighted by Gasteiger charge is -2.34. The molecule has 128 valence electrons. The van der Waals surface area contributed by atoms with Crippen molar-refractivity contribution in [2.75, 3.05) is 46.2 Å². The molecule has 1 aromatic rings. The SMILES string of the molecule is CCC1CN(C(=NC)NCCOc2cccc(OC)c2)CCS1. The van der Waals surface area contributed by atoms with E-state index in [2.05, 4.69) is 33.9 Å². The second kappa shape index (κ2) is 9.55. The first-order valence-corrected chi connectivity index (χ1v) is 9.15. The van der Waals surface area contributed by atoms with Crippen LogP contribution in [0.2, 0.25) is 0 Å². The van der Waals surface area contributed by atoms with E-state index in [0.717, 1.165) is 37.1 Å². The fourth-order valence-corrected chi connectivity index (χ4v) is 3.69. The lowest BCUT2D eigenvalue weighted by molar-refractivity contribution is 0.314. The minimum absolute atomic E-state index is 0.589. The molecule has 0 aromatic heterocycles. The van der Waals surface area contributed by atoms with Crippen LogP contribution in [0, 0.1) is 0 Å². The lowest BCUT2D eigenvalue weighted by Crippen LogP contribution is -2.48. The smallest absolute Gasteiger partial charge is 0.193 e. The molecule has 0 amide bonds. The highest BCUT2D eigenvalue weighted by Gasteiger charge is 2.21. The molecule has 1 atom stereocenters. The standard InChI is InChI=1S/C17H27N3O2S/c1-4-16-13-20(9-11-23-16)17(18-2)19-8-10-22-15-7-5-6-14(12-15)21-3/h5-7,12,16H,4,8-11,13H2,1-3H3,(H,18,19). The molecule has 0 saturated carbocycles. The monoisotopic (exact) mass is 337 g/mol. The van der Waals surface area contributed by atoms with Crippen LogP contribution < -0.4 is 14.8 Å². The van der Waals surface area contributed by atoms with Crippen molar-refractivity contribution in [1.29, 1.82) is 0 Å². The Labute approximate surface area is 143 Å². The van der Waals surface area contributed by atoms with Crippen molar-refractivity contribution in [2.24, 2.45) is 4.99 Å². The first-order chi connectivity index (χ1) is 11.3. The van der Waals surface area contributed by atoms with Crippen LogP contribution in [-0.4, -0.2) is 62.3 Å². The Morgan fingerprint density at radius 3 is 3.00 bits per heavy atom. The molecule has 1 heterocycles. The molecule has 0 radical (unpaired) electrons. The first kappa shape index (κ1) is 17.8. The predicted molar refractivity (Wildman–Crippen MR) is 98.0 cm³/mol. The number of methoxy groups -OCH3 is 1. The zero-order valence-corrected chi connectivity index (χ0v) is 15.1. The third-order valence-corrected chi connectivity index (χ3v) is 5.17. The Morgan fingerprint density at radius 1 is 1.43 bits per heavy atom. The molecule has 1 fully saturated rings. The second-order valence-corrected chi connectivity index (χ2v) is 6.76. The molecule has 0 aliphatic carbocycles. The molecule has 23 heavy (non-hydrogen) atoms. The number of hydrogen-bond acceptors (Lipinski definition) is 4. The van der Waals surface area contributed by atoms with Crippen LogP contribution in [0.25, 0.3) is 0 Å². The topological polar surface area (TPSA) is 46.1 Å². The Kier molecular flexibility index (Phi) is 7.39. The molecule has 1 aliphatic heterocycles. The summed E-state index contributed by atoms with van der Waals surface area (Å²) in [6.07, 6.45) is 1.21. The number of benzene rings is 1. The minimum Gasteiger partial charge on any atom is -0.497 e. The number of nitrogens with one attached hydrogen (secondary N) is 1. The summed E-state index contributed by atoms with van der Waals surface area (Å²) >= 11 is 2.06. The Bertz CT molecular complexity index is 510. The number of ether oxygens (including phenoxy) is 2. The van der Waals surface area contributed by atoms with Gasteiger partial charge in [0.25, 0.3) is 0 Å². The van der Waals surface area contributed by atoms with Crippen LogP contribution in [0.4, 0.5) is 0 Å². The Balaban J connectivity index is 1.75. The lowest BCUT2D eigenvalue weighted by atomic mass is 10.3. The van der Waals surface area contributed by atoms with Gasteiger partial charge in [-0.1, -0.05) is 13.0 Å². The van der Waals surface area contributed by atoms with Crippen molar-refractivity contribution >= 4 is 17.7 Å². The normalized spacial score (nSPS) is 18.7. The molecule has 1 aromatic carbocycles. The molecule has 1 saturated heterocycles. The van der Waals surface area contributed by atoms with Crippen LogP contribution in [0.15, 0.2) is 29.3 Å². The molecule has 1 unspecified atom stereocenters. The Morgan fingerprint density at radius 2 is 2.26 bits per heavy atom. The predicted octanol–water partition coefficient (Wildman–Crippen LogP) is 2.48. The van der Waals surface area contributed by atoms with Gasteiger partial charge in [-0.15, -0.1) is 0 Å². The summed E-state index contributed by atoms with van der Waals surface area (Å²) in [6.45, 7) is 5.69. The van der Waals surface area contributed by atoms with Gasteiger partial charge in [0.05, 0.1) is 13.7 Å². The average molecular weight is 337 g/mol. The van der Waals surface area contributed by atoms with Gasteiger partial charge in [0.15, 0.2) is 5.96 Å². The van der Waals surface area contributed by atoms with E-state index in [9.17, 15) is 0 Å². The second-order valence-electron chi connectivity index (χ2n) is 5.35. The van der Waals surface area contributed by atoms with E-state index >= 15 is 0 Å². The summed E-state index contributed by atoms with van der Waals surface area (Å²) in [5.41, 5.74) is 0. The number of thioether (sulfide) groups is 1. The molecular formula is C17H27N3O2S. The van der Waals surface area contributed by atoms with Gasteiger partial charge in [-0.3, -0.25) is 4.99 Å². The van der Waals surface area contributed by atoms with Gasteiger partial charge in [0.2, 0.25) is 0 Å². The van der Waals surface area contributed by atoms with Gasteiger partial charge in [-0.25, -0.2) is 0 Å². The maximum absolute atomic E-state index is 5.75. The fraction of sp³-hybridized carbons (Fsp3) is 0.588. The quantitative estimate of drug-likeness (QED) is 0.491. The van der Waals surface area contributed by atoms with E-state index in [1.807, 2.05) is 31.3 Å². The highest BCUT2D eigenvalue weighted by Crippen LogP contribution is 2.21. The molecule has 1 N–H and O–H groups in total. The number of aliphatic imine (C=N–C) groups is 1. The molecular weight excluding hydrogens is 310 g/mol. The first-order valence-electron chi connectivity index (χ1n) is 8.10.